The molecule has 1 aromatic carbocycles. The average Bonchev–Trinajstić information content (AvgIpc) is 2.92. The minimum Gasteiger partial charge on any atom is -0.508 e. The number of aromatic hydroxyl groups is 1. The zero-order valence-electron chi connectivity index (χ0n) is 9.49. The monoisotopic (exact) mass is 274 g/mol. The van der Waals surface area contributed by atoms with E-state index in [0.29, 0.717) is 22.1 Å². The molecule has 0 aliphatic rings. The summed E-state index contributed by atoms with van der Waals surface area (Å²) in [7, 11) is 0. The van der Waals surface area contributed by atoms with Crippen molar-refractivity contribution < 1.29 is 9.63 Å². The number of hydrogen-bond donors (Lipinski definition) is 1. The normalized spacial score (nSPS) is 10.6. The number of rotatable bonds is 2. The minimum absolute atomic E-state index is 0.0705. The van der Waals surface area contributed by atoms with Gasteiger partial charge >= 0.3 is 0 Å². The fourth-order valence-corrected chi connectivity index (χ4v) is 1.74. The van der Waals surface area contributed by atoms with Gasteiger partial charge in [0.25, 0.3) is 5.89 Å². The molecule has 7 heteroatoms. The molecule has 19 heavy (non-hydrogen) atoms. The van der Waals surface area contributed by atoms with Crippen molar-refractivity contribution in [2.24, 2.45) is 0 Å². The standard InChI is InChI=1S/C12H7ClN4O2/c13-9-2-1-7(18)5-8(9)12-16-11(17-19-12)10-3-4-14-6-15-10/h1-6,18H. The fourth-order valence-electron chi connectivity index (χ4n) is 1.54. The van der Waals surface area contributed by atoms with E-state index in [1.807, 2.05) is 0 Å². The maximum absolute atomic E-state index is 9.45. The van der Waals surface area contributed by atoms with Gasteiger partial charge in [-0.05, 0) is 24.3 Å². The predicted octanol–water partition coefficient (Wildman–Crippen LogP) is 2.55. The number of phenols is 1. The van der Waals surface area contributed by atoms with Crippen LogP contribution in [0.15, 0.2) is 41.3 Å². The number of phenolic OH excluding ortho intramolecular Hbond substituents is 1. The summed E-state index contributed by atoms with van der Waals surface area (Å²) < 4.78 is 5.12. The number of halogens is 1. The number of benzene rings is 1. The quantitative estimate of drug-likeness (QED) is 0.773. The number of nitrogens with zero attached hydrogens (tertiary/aromatic N) is 4. The molecule has 0 bridgehead atoms. The molecule has 3 aromatic rings. The van der Waals surface area contributed by atoms with E-state index in [2.05, 4.69) is 20.1 Å². The Bertz CT molecular complexity index is 715. The largest absolute Gasteiger partial charge is 0.508 e. The van der Waals surface area contributed by atoms with Crippen molar-refractivity contribution >= 4 is 11.6 Å². The lowest BCUT2D eigenvalue weighted by Crippen LogP contribution is -1.86. The van der Waals surface area contributed by atoms with Gasteiger partial charge in [0, 0.05) is 6.20 Å². The molecule has 0 radical (unpaired) electrons. The highest BCUT2D eigenvalue weighted by atomic mass is 35.5. The molecule has 0 atom stereocenters. The lowest BCUT2D eigenvalue weighted by molar-refractivity contribution is 0.431. The molecule has 0 saturated carbocycles. The predicted molar refractivity (Wildman–Crippen MR) is 67.4 cm³/mol. The summed E-state index contributed by atoms with van der Waals surface area (Å²) in [6.07, 6.45) is 2.98. The highest BCUT2D eigenvalue weighted by molar-refractivity contribution is 6.33. The lowest BCUT2D eigenvalue weighted by atomic mass is 10.2. The van der Waals surface area contributed by atoms with Crippen LogP contribution in [0.3, 0.4) is 0 Å². The van der Waals surface area contributed by atoms with Crippen molar-refractivity contribution in [2.75, 3.05) is 0 Å². The zero-order chi connectivity index (χ0) is 13.2. The van der Waals surface area contributed by atoms with Crippen LogP contribution in [0.4, 0.5) is 0 Å². The zero-order valence-corrected chi connectivity index (χ0v) is 10.2. The Kier molecular flexibility index (Phi) is 2.85. The number of aromatic nitrogens is 4. The second-order valence-corrected chi connectivity index (χ2v) is 4.09. The van der Waals surface area contributed by atoms with Crippen molar-refractivity contribution in [1.82, 2.24) is 20.1 Å². The molecular formula is C12H7ClN4O2. The van der Waals surface area contributed by atoms with E-state index in [9.17, 15) is 5.11 Å². The van der Waals surface area contributed by atoms with Crippen molar-refractivity contribution in [3.63, 3.8) is 0 Å². The Balaban J connectivity index is 2.04. The second kappa shape index (κ2) is 4.66. The molecular weight excluding hydrogens is 268 g/mol. The smallest absolute Gasteiger partial charge is 0.259 e. The van der Waals surface area contributed by atoms with Crippen LogP contribution in [0.2, 0.25) is 5.02 Å². The molecule has 0 spiro atoms. The molecule has 0 saturated heterocycles. The third-order valence-electron chi connectivity index (χ3n) is 2.42. The van der Waals surface area contributed by atoms with Crippen LogP contribution in [0.1, 0.15) is 0 Å². The lowest BCUT2D eigenvalue weighted by Gasteiger charge is -1.98. The van der Waals surface area contributed by atoms with Gasteiger partial charge in [0.15, 0.2) is 0 Å². The van der Waals surface area contributed by atoms with Crippen molar-refractivity contribution in [3.8, 4) is 28.7 Å². The Labute approximate surface area is 112 Å². The molecule has 0 aliphatic heterocycles. The van der Waals surface area contributed by atoms with Gasteiger partial charge in [0.2, 0.25) is 5.82 Å². The Morgan fingerprint density at radius 3 is 2.89 bits per heavy atom. The molecule has 0 fully saturated rings. The Morgan fingerprint density at radius 2 is 2.11 bits per heavy atom. The molecule has 1 N–H and O–H groups in total. The minimum atomic E-state index is 0.0705. The SMILES string of the molecule is Oc1ccc(Cl)c(-c2nc(-c3ccncn3)no2)c1. The summed E-state index contributed by atoms with van der Waals surface area (Å²) in [4.78, 5) is 12.0. The van der Waals surface area contributed by atoms with Gasteiger partial charge in [0.05, 0.1) is 10.6 Å². The van der Waals surface area contributed by atoms with Crippen molar-refractivity contribution in [1.29, 1.82) is 0 Å². The van der Waals surface area contributed by atoms with Gasteiger partial charge in [-0.1, -0.05) is 16.8 Å². The van der Waals surface area contributed by atoms with Crippen LogP contribution in [-0.2, 0) is 0 Å². The van der Waals surface area contributed by atoms with Crippen LogP contribution >= 0.6 is 11.6 Å². The molecule has 2 heterocycles. The van der Waals surface area contributed by atoms with Crippen molar-refractivity contribution in [2.45, 2.75) is 0 Å². The van der Waals surface area contributed by atoms with E-state index in [0.717, 1.165) is 0 Å². The van der Waals surface area contributed by atoms with E-state index in [-0.39, 0.29) is 11.6 Å². The average molecular weight is 275 g/mol. The van der Waals surface area contributed by atoms with E-state index < -0.39 is 0 Å². The fraction of sp³-hybridized carbons (Fsp3) is 0. The van der Waals surface area contributed by atoms with Crippen molar-refractivity contribution in [3.05, 3.63) is 41.8 Å². The topological polar surface area (TPSA) is 84.9 Å². The van der Waals surface area contributed by atoms with Gasteiger partial charge in [-0.25, -0.2) is 9.97 Å². The maximum Gasteiger partial charge on any atom is 0.259 e. The third kappa shape index (κ3) is 2.25. The summed E-state index contributed by atoms with van der Waals surface area (Å²) in [6.45, 7) is 0. The summed E-state index contributed by atoms with van der Waals surface area (Å²) in [5.41, 5.74) is 1.01. The Hall–Kier alpha value is -2.47. The summed E-state index contributed by atoms with van der Waals surface area (Å²) >= 11 is 6.02. The molecule has 0 amide bonds. The highest BCUT2D eigenvalue weighted by Crippen LogP contribution is 2.30. The van der Waals surface area contributed by atoms with E-state index >= 15 is 0 Å². The van der Waals surface area contributed by atoms with Gasteiger partial charge in [-0.3, -0.25) is 0 Å². The summed E-state index contributed by atoms with van der Waals surface area (Å²) in [6, 6.07) is 6.16. The molecule has 0 unspecified atom stereocenters. The summed E-state index contributed by atoms with van der Waals surface area (Å²) in [5.74, 6) is 0.618. The van der Waals surface area contributed by atoms with Crippen LogP contribution in [0, 0.1) is 0 Å². The molecule has 3 rings (SSSR count). The highest BCUT2D eigenvalue weighted by Gasteiger charge is 2.14. The second-order valence-electron chi connectivity index (χ2n) is 3.68. The van der Waals surface area contributed by atoms with E-state index in [1.54, 1.807) is 18.3 Å². The maximum atomic E-state index is 9.45. The van der Waals surface area contributed by atoms with Crippen LogP contribution in [0.5, 0.6) is 5.75 Å². The van der Waals surface area contributed by atoms with Gasteiger partial charge in [-0.15, -0.1) is 0 Å². The van der Waals surface area contributed by atoms with Crippen LogP contribution < -0.4 is 0 Å². The van der Waals surface area contributed by atoms with Gasteiger partial charge in [0.1, 0.15) is 17.8 Å². The molecule has 0 aliphatic carbocycles. The first-order valence-electron chi connectivity index (χ1n) is 5.33. The Morgan fingerprint density at radius 1 is 1.21 bits per heavy atom. The third-order valence-corrected chi connectivity index (χ3v) is 2.75. The summed E-state index contributed by atoms with van der Waals surface area (Å²) in [5, 5.41) is 13.7. The van der Waals surface area contributed by atoms with Gasteiger partial charge in [-0.2, -0.15) is 4.98 Å². The molecule has 2 aromatic heterocycles. The first-order chi connectivity index (χ1) is 9.24. The number of hydrogen-bond acceptors (Lipinski definition) is 6. The van der Waals surface area contributed by atoms with E-state index in [4.69, 9.17) is 16.1 Å². The van der Waals surface area contributed by atoms with Crippen LogP contribution in [0.25, 0.3) is 23.0 Å². The molecule has 94 valence electrons. The first kappa shape index (κ1) is 11.6. The molecule has 6 nitrogen and oxygen atoms in total. The first-order valence-corrected chi connectivity index (χ1v) is 5.71. The van der Waals surface area contributed by atoms with E-state index in [1.165, 1.54) is 18.5 Å². The van der Waals surface area contributed by atoms with Crippen LogP contribution in [-0.4, -0.2) is 25.2 Å². The van der Waals surface area contributed by atoms with Gasteiger partial charge < -0.3 is 9.63 Å².